The van der Waals surface area contributed by atoms with Crippen molar-refractivity contribution in [1.29, 1.82) is 0 Å². The fourth-order valence-corrected chi connectivity index (χ4v) is 2.87. The van der Waals surface area contributed by atoms with Crippen LogP contribution in [-0.2, 0) is 6.42 Å². The van der Waals surface area contributed by atoms with Gasteiger partial charge in [0.1, 0.15) is 0 Å². The molecule has 0 spiro atoms. The van der Waals surface area contributed by atoms with Crippen LogP contribution < -0.4 is 0 Å². The second-order valence-corrected chi connectivity index (χ2v) is 5.31. The standard InChI is InChI=1S/C11H17NOS/c1-8-12-10(7-14-8)5-9-3-2-4-11(13)6-9/h7,9,11,13H,2-6H2,1H3. The van der Waals surface area contributed by atoms with Crippen molar-refractivity contribution in [3.63, 3.8) is 0 Å². The van der Waals surface area contributed by atoms with Crippen LogP contribution in [0.25, 0.3) is 0 Å². The normalized spacial score (nSPS) is 27.9. The molecule has 1 aromatic heterocycles. The molecule has 0 aromatic carbocycles. The van der Waals surface area contributed by atoms with E-state index in [0.717, 1.165) is 24.3 Å². The van der Waals surface area contributed by atoms with Crippen molar-refractivity contribution in [3.05, 3.63) is 16.1 Å². The lowest BCUT2D eigenvalue weighted by molar-refractivity contribution is 0.101. The van der Waals surface area contributed by atoms with E-state index in [9.17, 15) is 5.11 Å². The van der Waals surface area contributed by atoms with E-state index in [1.807, 2.05) is 6.92 Å². The third kappa shape index (κ3) is 2.55. The minimum atomic E-state index is -0.0616. The molecule has 0 amide bonds. The van der Waals surface area contributed by atoms with Gasteiger partial charge in [-0.2, -0.15) is 0 Å². The summed E-state index contributed by atoms with van der Waals surface area (Å²) in [7, 11) is 0. The Morgan fingerprint density at radius 3 is 3.07 bits per heavy atom. The van der Waals surface area contributed by atoms with Gasteiger partial charge in [-0.25, -0.2) is 4.98 Å². The molecule has 1 fully saturated rings. The lowest BCUT2D eigenvalue weighted by Crippen LogP contribution is -2.21. The van der Waals surface area contributed by atoms with Gasteiger partial charge in [-0.05, 0) is 38.5 Å². The van der Waals surface area contributed by atoms with Crippen LogP contribution in [0.2, 0.25) is 0 Å². The molecular formula is C11H17NOS. The average Bonchev–Trinajstić information content (AvgIpc) is 2.51. The molecular weight excluding hydrogens is 194 g/mol. The Hall–Kier alpha value is -0.410. The summed E-state index contributed by atoms with van der Waals surface area (Å²) >= 11 is 1.72. The Morgan fingerprint density at radius 2 is 2.43 bits per heavy atom. The second-order valence-electron chi connectivity index (χ2n) is 4.25. The third-order valence-electron chi connectivity index (χ3n) is 2.92. The van der Waals surface area contributed by atoms with E-state index in [4.69, 9.17) is 0 Å². The minimum Gasteiger partial charge on any atom is -0.393 e. The number of nitrogens with zero attached hydrogens (tertiary/aromatic N) is 1. The summed E-state index contributed by atoms with van der Waals surface area (Å²) < 4.78 is 0. The molecule has 2 nitrogen and oxygen atoms in total. The van der Waals surface area contributed by atoms with Crippen LogP contribution in [0, 0.1) is 12.8 Å². The quantitative estimate of drug-likeness (QED) is 0.815. The second kappa shape index (κ2) is 4.41. The highest BCUT2D eigenvalue weighted by atomic mass is 32.1. The van der Waals surface area contributed by atoms with E-state index < -0.39 is 0 Å². The number of hydrogen-bond acceptors (Lipinski definition) is 3. The van der Waals surface area contributed by atoms with Crippen molar-refractivity contribution < 1.29 is 5.11 Å². The van der Waals surface area contributed by atoms with Crippen molar-refractivity contribution in [2.24, 2.45) is 5.92 Å². The van der Waals surface area contributed by atoms with Crippen LogP contribution in [0.3, 0.4) is 0 Å². The number of rotatable bonds is 2. The van der Waals surface area contributed by atoms with E-state index in [2.05, 4.69) is 10.4 Å². The summed E-state index contributed by atoms with van der Waals surface area (Å²) in [5.74, 6) is 0.653. The van der Waals surface area contributed by atoms with E-state index in [-0.39, 0.29) is 6.10 Å². The van der Waals surface area contributed by atoms with E-state index in [0.29, 0.717) is 5.92 Å². The molecule has 78 valence electrons. The minimum absolute atomic E-state index is 0.0616. The van der Waals surface area contributed by atoms with Crippen molar-refractivity contribution >= 4 is 11.3 Å². The molecule has 14 heavy (non-hydrogen) atoms. The Morgan fingerprint density at radius 1 is 1.57 bits per heavy atom. The fourth-order valence-electron chi connectivity index (χ4n) is 2.25. The van der Waals surface area contributed by atoms with Crippen LogP contribution in [-0.4, -0.2) is 16.2 Å². The molecule has 0 radical (unpaired) electrons. The van der Waals surface area contributed by atoms with Gasteiger partial charge in [-0.1, -0.05) is 6.42 Å². The maximum Gasteiger partial charge on any atom is 0.0897 e. The third-order valence-corrected chi connectivity index (χ3v) is 3.74. The zero-order valence-electron chi connectivity index (χ0n) is 8.57. The zero-order chi connectivity index (χ0) is 9.97. The number of aryl methyl sites for hydroxylation is 1. The van der Waals surface area contributed by atoms with Crippen LogP contribution in [0.4, 0.5) is 0 Å². The number of aliphatic hydroxyl groups excluding tert-OH is 1. The average molecular weight is 211 g/mol. The lowest BCUT2D eigenvalue weighted by Gasteiger charge is -2.25. The van der Waals surface area contributed by atoms with Crippen molar-refractivity contribution in [1.82, 2.24) is 4.98 Å². The van der Waals surface area contributed by atoms with E-state index in [1.54, 1.807) is 11.3 Å². The van der Waals surface area contributed by atoms with Crippen LogP contribution >= 0.6 is 11.3 Å². The van der Waals surface area contributed by atoms with Gasteiger partial charge >= 0.3 is 0 Å². The van der Waals surface area contributed by atoms with Crippen molar-refractivity contribution in [2.45, 2.75) is 45.1 Å². The predicted molar refractivity (Wildman–Crippen MR) is 58.5 cm³/mol. The van der Waals surface area contributed by atoms with Crippen LogP contribution in [0.1, 0.15) is 36.4 Å². The topological polar surface area (TPSA) is 33.1 Å². The summed E-state index contributed by atoms with van der Waals surface area (Å²) in [5.41, 5.74) is 1.21. The maximum absolute atomic E-state index is 9.55. The number of aliphatic hydroxyl groups is 1. The molecule has 0 saturated heterocycles. The van der Waals surface area contributed by atoms with Crippen LogP contribution in [0.15, 0.2) is 5.38 Å². The molecule has 2 unspecified atom stereocenters. The van der Waals surface area contributed by atoms with Gasteiger partial charge in [0.15, 0.2) is 0 Å². The molecule has 0 bridgehead atoms. The first-order chi connectivity index (χ1) is 6.74. The number of thiazole rings is 1. The first-order valence-electron chi connectivity index (χ1n) is 5.33. The molecule has 2 rings (SSSR count). The Labute approximate surface area is 89.0 Å². The van der Waals surface area contributed by atoms with Gasteiger partial charge in [0, 0.05) is 5.38 Å². The molecule has 1 heterocycles. The van der Waals surface area contributed by atoms with Gasteiger partial charge in [0.2, 0.25) is 0 Å². The first-order valence-corrected chi connectivity index (χ1v) is 6.21. The smallest absolute Gasteiger partial charge is 0.0897 e. The summed E-state index contributed by atoms with van der Waals surface area (Å²) in [6.07, 6.45) is 5.39. The van der Waals surface area contributed by atoms with E-state index >= 15 is 0 Å². The Kier molecular flexibility index (Phi) is 3.19. The predicted octanol–water partition coefficient (Wildman–Crippen LogP) is 2.55. The maximum atomic E-state index is 9.55. The molecule has 1 aromatic rings. The van der Waals surface area contributed by atoms with E-state index in [1.165, 1.54) is 18.5 Å². The van der Waals surface area contributed by atoms with Gasteiger partial charge in [-0.3, -0.25) is 0 Å². The molecule has 3 heteroatoms. The SMILES string of the molecule is Cc1nc(CC2CCCC(O)C2)cs1. The van der Waals surface area contributed by atoms with Gasteiger partial charge in [0.25, 0.3) is 0 Å². The van der Waals surface area contributed by atoms with Gasteiger partial charge in [-0.15, -0.1) is 11.3 Å². The lowest BCUT2D eigenvalue weighted by atomic mass is 9.84. The Bertz CT molecular complexity index is 297. The number of aromatic nitrogens is 1. The number of hydrogen-bond donors (Lipinski definition) is 1. The first kappa shape index (κ1) is 10.1. The molecule has 2 atom stereocenters. The van der Waals surface area contributed by atoms with Crippen molar-refractivity contribution in [2.75, 3.05) is 0 Å². The highest BCUT2D eigenvalue weighted by Crippen LogP contribution is 2.27. The Balaban J connectivity index is 1.90. The van der Waals surface area contributed by atoms with Crippen molar-refractivity contribution in [3.8, 4) is 0 Å². The van der Waals surface area contributed by atoms with Gasteiger partial charge in [0.05, 0.1) is 16.8 Å². The monoisotopic (exact) mass is 211 g/mol. The zero-order valence-corrected chi connectivity index (χ0v) is 9.39. The highest BCUT2D eigenvalue weighted by Gasteiger charge is 2.20. The summed E-state index contributed by atoms with van der Waals surface area (Å²) in [6.45, 7) is 2.05. The summed E-state index contributed by atoms with van der Waals surface area (Å²) in [4.78, 5) is 4.47. The molecule has 1 saturated carbocycles. The summed E-state index contributed by atoms with van der Waals surface area (Å²) in [5, 5.41) is 12.8. The van der Waals surface area contributed by atoms with Crippen LogP contribution in [0.5, 0.6) is 0 Å². The molecule has 1 aliphatic rings. The molecule has 0 aliphatic heterocycles. The largest absolute Gasteiger partial charge is 0.393 e. The molecule has 1 N–H and O–H groups in total. The highest BCUT2D eigenvalue weighted by molar-refractivity contribution is 7.09. The fraction of sp³-hybridized carbons (Fsp3) is 0.727. The van der Waals surface area contributed by atoms with Gasteiger partial charge < -0.3 is 5.11 Å². The molecule has 1 aliphatic carbocycles. The summed E-state index contributed by atoms with van der Waals surface area (Å²) in [6, 6.07) is 0.